The number of esters is 1. The van der Waals surface area contributed by atoms with Crippen LogP contribution >= 0.6 is 11.6 Å². The summed E-state index contributed by atoms with van der Waals surface area (Å²) < 4.78 is 23.4. The van der Waals surface area contributed by atoms with Gasteiger partial charge in [-0.3, -0.25) is 4.79 Å². The minimum Gasteiger partial charge on any atom is -0.494 e. The molecule has 0 radical (unpaired) electrons. The predicted octanol–water partition coefficient (Wildman–Crippen LogP) is 4.06. The average molecular weight is 366 g/mol. The molecular weight excluding hydrogens is 349 g/mol. The Morgan fingerprint density at radius 3 is 2.48 bits per heavy atom. The molecule has 0 saturated heterocycles. The smallest absolute Gasteiger partial charge is 0.340 e. The van der Waals surface area contributed by atoms with Crippen LogP contribution in [0.3, 0.4) is 0 Å². The lowest BCUT2D eigenvalue weighted by Crippen LogP contribution is -2.30. The van der Waals surface area contributed by atoms with E-state index >= 15 is 0 Å². The SMILES string of the molecule is CCOc1ccc(NC(=O)C(C)OC(=O)c2ccc(F)cc2Cl)cc1. The average Bonchev–Trinajstić information content (AvgIpc) is 2.56. The maximum atomic E-state index is 13.0. The highest BCUT2D eigenvalue weighted by atomic mass is 35.5. The summed E-state index contributed by atoms with van der Waals surface area (Å²) in [6.07, 6.45) is -1.06. The van der Waals surface area contributed by atoms with Gasteiger partial charge in [0.15, 0.2) is 6.10 Å². The Hall–Kier alpha value is -2.60. The van der Waals surface area contributed by atoms with Crippen molar-refractivity contribution in [3.63, 3.8) is 0 Å². The van der Waals surface area contributed by atoms with E-state index in [-0.39, 0.29) is 10.6 Å². The number of benzene rings is 2. The van der Waals surface area contributed by atoms with Crippen LogP contribution < -0.4 is 10.1 Å². The van der Waals surface area contributed by atoms with Gasteiger partial charge in [0.1, 0.15) is 11.6 Å². The standard InChI is InChI=1S/C18H17ClFNO4/c1-3-24-14-7-5-13(6-8-14)21-17(22)11(2)25-18(23)15-9-4-12(20)10-16(15)19/h4-11H,3H2,1-2H3,(H,21,22). The zero-order valence-electron chi connectivity index (χ0n) is 13.7. The Balaban J connectivity index is 1.96. The van der Waals surface area contributed by atoms with Gasteiger partial charge in [0, 0.05) is 5.69 Å². The number of carbonyl (C=O) groups is 2. The normalized spacial score (nSPS) is 11.5. The summed E-state index contributed by atoms with van der Waals surface area (Å²) in [6, 6.07) is 10.1. The first-order chi connectivity index (χ1) is 11.9. The molecule has 1 amide bonds. The minimum absolute atomic E-state index is 0.0104. The molecule has 0 bridgehead atoms. The second-order valence-corrected chi connectivity index (χ2v) is 5.53. The van der Waals surface area contributed by atoms with Gasteiger partial charge in [-0.2, -0.15) is 0 Å². The van der Waals surface area contributed by atoms with Crippen molar-refractivity contribution in [1.29, 1.82) is 0 Å². The van der Waals surface area contributed by atoms with Crippen LogP contribution in [0.1, 0.15) is 24.2 Å². The first-order valence-corrected chi connectivity index (χ1v) is 7.98. The number of hydrogen-bond acceptors (Lipinski definition) is 4. The van der Waals surface area contributed by atoms with E-state index in [1.165, 1.54) is 13.0 Å². The molecule has 1 unspecified atom stereocenters. The lowest BCUT2D eigenvalue weighted by molar-refractivity contribution is -0.123. The second-order valence-electron chi connectivity index (χ2n) is 5.12. The summed E-state index contributed by atoms with van der Waals surface area (Å²) in [4.78, 5) is 24.2. The molecule has 2 aromatic carbocycles. The van der Waals surface area contributed by atoms with Gasteiger partial charge in [0.2, 0.25) is 0 Å². The van der Waals surface area contributed by atoms with Crippen LogP contribution in [0.4, 0.5) is 10.1 Å². The van der Waals surface area contributed by atoms with Crippen LogP contribution in [-0.4, -0.2) is 24.6 Å². The molecule has 5 nitrogen and oxygen atoms in total. The van der Waals surface area contributed by atoms with Gasteiger partial charge in [-0.15, -0.1) is 0 Å². The molecule has 0 heterocycles. The van der Waals surface area contributed by atoms with Crippen molar-refractivity contribution in [2.45, 2.75) is 20.0 Å². The predicted molar refractivity (Wildman–Crippen MR) is 92.5 cm³/mol. The fourth-order valence-electron chi connectivity index (χ4n) is 1.98. The van der Waals surface area contributed by atoms with E-state index in [0.29, 0.717) is 18.0 Å². The number of rotatable bonds is 6. The first-order valence-electron chi connectivity index (χ1n) is 7.60. The van der Waals surface area contributed by atoms with Crippen molar-refractivity contribution in [2.75, 3.05) is 11.9 Å². The fraction of sp³-hybridized carbons (Fsp3) is 0.222. The molecule has 0 aliphatic heterocycles. The van der Waals surface area contributed by atoms with Crippen molar-refractivity contribution in [1.82, 2.24) is 0 Å². The first kappa shape index (κ1) is 18.7. The molecule has 0 aliphatic carbocycles. The quantitative estimate of drug-likeness (QED) is 0.784. The largest absolute Gasteiger partial charge is 0.494 e. The number of carbonyl (C=O) groups excluding carboxylic acids is 2. The molecule has 7 heteroatoms. The maximum Gasteiger partial charge on any atom is 0.340 e. The van der Waals surface area contributed by atoms with Gasteiger partial charge in [-0.05, 0) is 56.3 Å². The number of amides is 1. The summed E-state index contributed by atoms with van der Waals surface area (Å²) in [5.41, 5.74) is 0.528. The summed E-state index contributed by atoms with van der Waals surface area (Å²) in [6.45, 7) is 3.85. The number of nitrogens with one attached hydrogen (secondary N) is 1. The summed E-state index contributed by atoms with van der Waals surface area (Å²) in [5, 5.41) is 2.55. The van der Waals surface area contributed by atoms with Gasteiger partial charge >= 0.3 is 5.97 Å². The Bertz CT molecular complexity index is 764. The van der Waals surface area contributed by atoms with E-state index in [1.807, 2.05) is 6.92 Å². The lowest BCUT2D eigenvalue weighted by atomic mass is 10.2. The molecule has 1 atom stereocenters. The van der Waals surface area contributed by atoms with E-state index in [2.05, 4.69) is 5.32 Å². The van der Waals surface area contributed by atoms with E-state index in [9.17, 15) is 14.0 Å². The maximum absolute atomic E-state index is 13.0. The van der Waals surface area contributed by atoms with Crippen LogP contribution in [0.2, 0.25) is 5.02 Å². The van der Waals surface area contributed by atoms with Gasteiger partial charge < -0.3 is 14.8 Å². The third-order valence-electron chi connectivity index (χ3n) is 3.24. The Labute approximate surface area is 149 Å². The third kappa shape index (κ3) is 5.19. The summed E-state index contributed by atoms with van der Waals surface area (Å²) >= 11 is 5.80. The lowest BCUT2D eigenvalue weighted by Gasteiger charge is -2.14. The van der Waals surface area contributed by atoms with Crippen molar-refractivity contribution >= 4 is 29.2 Å². The molecule has 0 aliphatic rings. The van der Waals surface area contributed by atoms with Gasteiger partial charge in [0.05, 0.1) is 17.2 Å². The summed E-state index contributed by atoms with van der Waals surface area (Å²) in [7, 11) is 0. The molecule has 0 saturated carbocycles. The van der Waals surface area contributed by atoms with Crippen LogP contribution in [0.25, 0.3) is 0 Å². The summed E-state index contributed by atoms with van der Waals surface area (Å²) in [5.74, 6) is -1.19. The number of anilines is 1. The van der Waals surface area contributed by atoms with Gasteiger partial charge in [-0.1, -0.05) is 11.6 Å². The van der Waals surface area contributed by atoms with Gasteiger partial charge in [0.25, 0.3) is 5.91 Å². The Kier molecular flexibility index (Phi) is 6.36. The Morgan fingerprint density at radius 1 is 1.20 bits per heavy atom. The van der Waals surface area contributed by atoms with Crippen LogP contribution in [0.15, 0.2) is 42.5 Å². The van der Waals surface area contributed by atoms with Crippen molar-refractivity contribution in [3.05, 3.63) is 58.9 Å². The molecular formula is C18H17ClFNO4. The highest BCUT2D eigenvalue weighted by Gasteiger charge is 2.21. The molecule has 2 rings (SSSR count). The topological polar surface area (TPSA) is 64.6 Å². The number of hydrogen-bond donors (Lipinski definition) is 1. The van der Waals surface area contributed by atoms with Crippen LogP contribution in [0, 0.1) is 5.82 Å². The number of ether oxygens (including phenoxy) is 2. The van der Waals surface area contributed by atoms with E-state index in [0.717, 1.165) is 12.1 Å². The number of halogens is 2. The zero-order valence-corrected chi connectivity index (χ0v) is 14.5. The molecule has 25 heavy (non-hydrogen) atoms. The molecule has 2 aromatic rings. The van der Waals surface area contributed by atoms with Crippen LogP contribution in [-0.2, 0) is 9.53 Å². The Morgan fingerprint density at radius 2 is 1.88 bits per heavy atom. The van der Waals surface area contributed by atoms with E-state index < -0.39 is 23.8 Å². The molecule has 1 N–H and O–H groups in total. The highest BCUT2D eigenvalue weighted by Crippen LogP contribution is 2.19. The van der Waals surface area contributed by atoms with E-state index in [4.69, 9.17) is 21.1 Å². The molecule has 0 aromatic heterocycles. The van der Waals surface area contributed by atoms with Crippen molar-refractivity contribution in [2.24, 2.45) is 0 Å². The molecule has 0 spiro atoms. The molecule has 132 valence electrons. The van der Waals surface area contributed by atoms with Crippen LogP contribution in [0.5, 0.6) is 5.75 Å². The third-order valence-corrected chi connectivity index (χ3v) is 3.55. The molecule has 0 fully saturated rings. The zero-order chi connectivity index (χ0) is 18.4. The van der Waals surface area contributed by atoms with Crippen molar-refractivity contribution < 1.29 is 23.5 Å². The van der Waals surface area contributed by atoms with E-state index in [1.54, 1.807) is 24.3 Å². The minimum atomic E-state index is -1.06. The van der Waals surface area contributed by atoms with Gasteiger partial charge in [-0.25, -0.2) is 9.18 Å². The second kappa shape index (κ2) is 8.48. The highest BCUT2D eigenvalue weighted by molar-refractivity contribution is 6.33. The monoisotopic (exact) mass is 365 g/mol. The fourth-order valence-corrected chi connectivity index (χ4v) is 2.22. The van der Waals surface area contributed by atoms with Crippen molar-refractivity contribution in [3.8, 4) is 5.75 Å².